The third-order valence-electron chi connectivity index (χ3n) is 4.34. The molecule has 1 aliphatic rings. The molecule has 146 valence electrons. The van der Waals surface area contributed by atoms with Crippen LogP contribution in [0, 0.1) is 0 Å². The number of amides is 1. The predicted molar refractivity (Wildman–Crippen MR) is 113 cm³/mol. The Labute approximate surface area is 173 Å². The number of nitrogens with zero attached hydrogens (tertiary/aromatic N) is 1. The van der Waals surface area contributed by atoms with Gasteiger partial charge in [0.05, 0.1) is 18.4 Å². The van der Waals surface area contributed by atoms with Crippen molar-refractivity contribution in [2.45, 2.75) is 24.8 Å². The molecular weight excluding hydrogens is 404 g/mol. The SMILES string of the molecule is CCN1CCc2c(sc(NC(=O)CSc3ccccc3)c2C(=O)OC)C1.Cl. The molecule has 5 nitrogen and oxygen atoms in total. The van der Waals surface area contributed by atoms with Gasteiger partial charge in [0.2, 0.25) is 5.91 Å². The number of likely N-dealkylation sites (N-methyl/N-ethyl adjacent to an activating group) is 1. The number of thiophene rings is 1. The molecule has 0 aliphatic carbocycles. The van der Waals surface area contributed by atoms with Gasteiger partial charge in [-0.1, -0.05) is 25.1 Å². The lowest BCUT2D eigenvalue weighted by atomic mass is 10.0. The van der Waals surface area contributed by atoms with Crippen LogP contribution >= 0.6 is 35.5 Å². The summed E-state index contributed by atoms with van der Waals surface area (Å²) < 4.78 is 4.96. The smallest absolute Gasteiger partial charge is 0.341 e. The zero-order valence-electron chi connectivity index (χ0n) is 15.3. The number of hydrogen-bond acceptors (Lipinski definition) is 6. The molecule has 1 aromatic carbocycles. The first-order valence-corrected chi connectivity index (χ1v) is 10.4. The van der Waals surface area contributed by atoms with Crippen LogP contribution < -0.4 is 5.32 Å². The largest absolute Gasteiger partial charge is 0.465 e. The Bertz CT molecular complexity index is 796. The van der Waals surface area contributed by atoms with E-state index >= 15 is 0 Å². The first-order valence-electron chi connectivity index (χ1n) is 8.55. The number of halogens is 1. The summed E-state index contributed by atoms with van der Waals surface area (Å²) in [7, 11) is 1.38. The van der Waals surface area contributed by atoms with Gasteiger partial charge in [0, 0.05) is 22.9 Å². The average Bonchev–Trinajstić information content (AvgIpc) is 3.03. The Balaban J connectivity index is 0.00000261. The van der Waals surface area contributed by atoms with Gasteiger partial charge in [-0.3, -0.25) is 9.69 Å². The van der Waals surface area contributed by atoms with Crippen molar-refractivity contribution in [3.63, 3.8) is 0 Å². The lowest BCUT2D eigenvalue weighted by Crippen LogP contribution is -2.30. The molecule has 0 atom stereocenters. The van der Waals surface area contributed by atoms with Crippen molar-refractivity contribution >= 4 is 52.4 Å². The summed E-state index contributed by atoms with van der Waals surface area (Å²) in [5, 5.41) is 3.54. The van der Waals surface area contributed by atoms with Gasteiger partial charge in [-0.05, 0) is 30.7 Å². The molecule has 1 aromatic heterocycles. The molecule has 2 aromatic rings. The fourth-order valence-corrected chi connectivity index (χ4v) is 4.97. The zero-order valence-corrected chi connectivity index (χ0v) is 17.8. The number of rotatable bonds is 6. The topological polar surface area (TPSA) is 58.6 Å². The zero-order chi connectivity index (χ0) is 18.5. The van der Waals surface area contributed by atoms with Crippen LogP contribution in [0.2, 0.25) is 0 Å². The molecule has 0 unspecified atom stereocenters. The fraction of sp³-hybridized carbons (Fsp3) is 0.368. The van der Waals surface area contributed by atoms with Crippen LogP contribution in [0.4, 0.5) is 5.00 Å². The third kappa shape index (κ3) is 5.25. The second-order valence-corrected chi connectivity index (χ2v) is 8.12. The maximum Gasteiger partial charge on any atom is 0.341 e. The molecule has 27 heavy (non-hydrogen) atoms. The van der Waals surface area contributed by atoms with E-state index in [0.717, 1.165) is 41.4 Å². The highest BCUT2D eigenvalue weighted by Gasteiger charge is 2.28. The van der Waals surface area contributed by atoms with Crippen molar-refractivity contribution in [1.29, 1.82) is 0 Å². The normalized spacial score (nSPS) is 13.4. The molecule has 0 radical (unpaired) electrons. The number of fused-ring (bicyclic) bond motifs is 1. The van der Waals surface area contributed by atoms with E-state index in [0.29, 0.717) is 16.3 Å². The number of carbonyl (C=O) groups is 2. The van der Waals surface area contributed by atoms with Crippen LogP contribution in [0.3, 0.4) is 0 Å². The van der Waals surface area contributed by atoms with Gasteiger partial charge in [0.25, 0.3) is 0 Å². The van der Waals surface area contributed by atoms with Crippen LogP contribution in [-0.2, 0) is 22.5 Å². The summed E-state index contributed by atoms with van der Waals surface area (Å²) in [6.45, 7) is 4.83. The second kappa shape index (κ2) is 10.1. The molecule has 1 aliphatic heterocycles. The lowest BCUT2D eigenvalue weighted by molar-refractivity contribution is -0.113. The van der Waals surface area contributed by atoms with Crippen molar-refractivity contribution < 1.29 is 14.3 Å². The van der Waals surface area contributed by atoms with Crippen molar-refractivity contribution in [3.05, 3.63) is 46.3 Å². The van der Waals surface area contributed by atoms with E-state index in [1.54, 1.807) is 0 Å². The van der Waals surface area contributed by atoms with Crippen LogP contribution in [0.1, 0.15) is 27.7 Å². The van der Waals surface area contributed by atoms with Crippen LogP contribution in [0.5, 0.6) is 0 Å². The Morgan fingerprint density at radius 2 is 2.04 bits per heavy atom. The van der Waals surface area contributed by atoms with E-state index in [1.165, 1.54) is 30.2 Å². The first kappa shape index (κ1) is 21.8. The highest BCUT2D eigenvalue weighted by Crippen LogP contribution is 2.37. The van der Waals surface area contributed by atoms with Crippen LogP contribution in [0.25, 0.3) is 0 Å². The second-order valence-electron chi connectivity index (χ2n) is 5.97. The highest BCUT2D eigenvalue weighted by atomic mass is 35.5. The van der Waals surface area contributed by atoms with E-state index < -0.39 is 0 Å². The minimum atomic E-state index is -0.376. The Morgan fingerprint density at radius 1 is 1.30 bits per heavy atom. The number of anilines is 1. The molecule has 0 bridgehead atoms. The minimum absolute atomic E-state index is 0. The Hall–Kier alpha value is -1.54. The van der Waals surface area contributed by atoms with Crippen molar-refractivity contribution in [2.24, 2.45) is 0 Å². The molecule has 2 heterocycles. The number of ether oxygens (including phenoxy) is 1. The standard InChI is InChI=1S/C19H22N2O3S2.ClH/c1-3-21-10-9-14-15(11-21)26-18(17(14)19(23)24-2)20-16(22)12-25-13-7-5-4-6-8-13;/h4-8H,3,9-12H2,1-2H3,(H,20,22);1H. The first-order chi connectivity index (χ1) is 12.6. The summed E-state index contributed by atoms with van der Waals surface area (Å²) in [6.07, 6.45) is 0.804. The molecule has 1 amide bonds. The number of hydrogen-bond donors (Lipinski definition) is 1. The molecule has 8 heteroatoms. The summed E-state index contributed by atoms with van der Waals surface area (Å²) in [5.41, 5.74) is 1.55. The van der Waals surface area contributed by atoms with Crippen LogP contribution in [-0.4, -0.2) is 42.7 Å². The number of esters is 1. The minimum Gasteiger partial charge on any atom is -0.465 e. The van der Waals surface area contributed by atoms with Crippen molar-refractivity contribution in [2.75, 3.05) is 31.3 Å². The van der Waals surface area contributed by atoms with Gasteiger partial charge >= 0.3 is 5.97 Å². The van der Waals surface area contributed by atoms with Crippen molar-refractivity contribution in [3.8, 4) is 0 Å². The van der Waals surface area contributed by atoms with Gasteiger partial charge in [0.15, 0.2) is 0 Å². The lowest BCUT2D eigenvalue weighted by Gasteiger charge is -2.25. The van der Waals surface area contributed by atoms with E-state index in [1.807, 2.05) is 30.3 Å². The predicted octanol–water partition coefficient (Wildman–Crippen LogP) is 4.07. The molecule has 0 saturated heterocycles. The maximum atomic E-state index is 12.4. The fourth-order valence-electron chi connectivity index (χ4n) is 2.96. The molecule has 0 saturated carbocycles. The summed E-state index contributed by atoms with van der Waals surface area (Å²) in [4.78, 5) is 29.2. The van der Waals surface area contributed by atoms with E-state index in [9.17, 15) is 9.59 Å². The van der Waals surface area contributed by atoms with Gasteiger partial charge in [0.1, 0.15) is 5.00 Å². The third-order valence-corrected chi connectivity index (χ3v) is 6.48. The van der Waals surface area contributed by atoms with Gasteiger partial charge in [-0.15, -0.1) is 35.5 Å². The van der Waals surface area contributed by atoms with Crippen LogP contribution in [0.15, 0.2) is 35.2 Å². The molecule has 0 fully saturated rings. The van der Waals surface area contributed by atoms with Gasteiger partial charge in [-0.2, -0.15) is 0 Å². The number of methoxy groups -OCH3 is 1. The Morgan fingerprint density at radius 3 is 2.70 bits per heavy atom. The molecule has 3 rings (SSSR count). The van der Waals surface area contributed by atoms with Crippen molar-refractivity contribution in [1.82, 2.24) is 4.90 Å². The molecular formula is C19H23ClN2O3S2. The van der Waals surface area contributed by atoms with Gasteiger partial charge in [-0.25, -0.2) is 4.79 Å². The van der Waals surface area contributed by atoms with E-state index in [2.05, 4.69) is 17.1 Å². The summed E-state index contributed by atoms with van der Waals surface area (Å²) in [6, 6.07) is 9.79. The Kier molecular flexibility index (Phi) is 8.16. The number of nitrogens with one attached hydrogen (secondary N) is 1. The average molecular weight is 427 g/mol. The van der Waals surface area contributed by atoms with E-state index in [-0.39, 0.29) is 24.3 Å². The summed E-state index contributed by atoms with van der Waals surface area (Å²) >= 11 is 2.97. The highest BCUT2D eigenvalue weighted by molar-refractivity contribution is 8.00. The number of benzene rings is 1. The van der Waals surface area contributed by atoms with Gasteiger partial charge < -0.3 is 10.1 Å². The number of thioether (sulfide) groups is 1. The monoisotopic (exact) mass is 426 g/mol. The quantitative estimate of drug-likeness (QED) is 0.557. The number of carbonyl (C=O) groups excluding carboxylic acids is 2. The summed E-state index contributed by atoms with van der Waals surface area (Å²) in [5.74, 6) is -0.192. The molecule has 1 N–H and O–H groups in total. The molecule has 0 spiro atoms. The van der Waals surface area contributed by atoms with E-state index in [4.69, 9.17) is 4.74 Å². The maximum absolute atomic E-state index is 12.4.